The van der Waals surface area contributed by atoms with Gasteiger partial charge < -0.3 is 14.4 Å². The van der Waals surface area contributed by atoms with E-state index in [9.17, 15) is 4.79 Å². The largest absolute Gasteiger partial charge is 0.496 e. The van der Waals surface area contributed by atoms with Gasteiger partial charge in [0, 0.05) is 12.4 Å². The third-order valence-electron chi connectivity index (χ3n) is 2.80. The van der Waals surface area contributed by atoms with Crippen LogP contribution in [0.2, 0.25) is 0 Å². The van der Waals surface area contributed by atoms with E-state index in [1.807, 2.05) is 19.1 Å². The van der Waals surface area contributed by atoms with E-state index in [2.05, 4.69) is 0 Å². The van der Waals surface area contributed by atoms with Gasteiger partial charge in [0.2, 0.25) is 0 Å². The van der Waals surface area contributed by atoms with Crippen LogP contribution in [0.1, 0.15) is 16.1 Å². The van der Waals surface area contributed by atoms with Crippen molar-refractivity contribution in [2.24, 2.45) is 7.05 Å². The summed E-state index contributed by atoms with van der Waals surface area (Å²) in [6.45, 7) is 1.94. The second kappa shape index (κ2) is 3.56. The highest BCUT2D eigenvalue weighted by Gasteiger charge is 2.15. The predicted octanol–water partition coefficient (Wildman–Crippen LogP) is 2.19. The molecule has 0 aliphatic rings. The van der Waals surface area contributed by atoms with E-state index in [4.69, 9.17) is 9.84 Å². The van der Waals surface area contributed by atoms with E-state index < -0.39 is 5.97 Å². The van der Waals surface area contributed by atoms with Crippen LogP contribution in [0.3, 0.4) is 0 Å². The lowest BCUT2D eigenvalue weighted by Crippen LogP contribution is -2.03. The maximum Gasteiger partial charge on any atom is 0.352 e. The molecule has 4 nitrogen and oxygen atoms in total. The lowest BCUT2D eigenvalue weighted by Gasteiger charge is -2.06. The molecule has 0 aliphatic heterocycles. The van der Waals surface area contributed by atoms with Crippen molar-refractivity contribution in [3.8, 4) is 5.75 Å². The molecule has 2 aromatic rings. The SMILES string of the molecule is COc1c(C)ccc2c1cc(C(=O)O)n2C. The Hall–Kier alpha value is -1.97. The van der Waals surface area contributed by atoms with Crippen molar-refractivity contribution in [2.45, 2.75) is 6.92 Å². The van der Waals surface area contributed by atoms with Crippen LogP contribution in [-0.4, -0.2) is 22.8 Å². The van der Waals surface area contributed by atoms with Crippen molar-refractivity contribution < 1.29 is 14.6 Å². The predicted molar refractivity (Wildman–Crippen MR) is 61.2 cm³/mol. The number of carboxylic acids is 1. The highest BCUT2D eigenvalue weighted by molar-refractivity contribution is 5.97. The van der Waals surface area contributed by atoms with Crippen LogP contribution in [-0.2, 0) is 7.05 Å². The number of hydrogen-bond acceptors (Lipinski definition) is 2. The van der Waals surface area contributed by atoms with Gasteiger partial charge in [-0.25, -0.2) is 4.79 Å². The highest BCUT2D eigenvalue weighted by atomic mass is 16.5. The molecule has 4 heteroatoms. The van der Waals surface area contributed by atoms with Gasteiger partial charge in [-0.1, -0.05) is 6.07 Å². The van der Waals surface area contributed by atoms with Gasteiger partial charge in [0.05, 0.1) is 12.6 Å². The molecule has 0 bridgehead atoms. The Bertz CT molecular complexity index is 569. The molecule has 1 N–H and O–H groups in total. The standard InChI is InChI=1S/C12H13NO3/c1-7-4-5-9-8(11(7)16-3)6-10(12(14)15)13(9)2/h4-6H,1-3H3,(H,14,15). The van der Waals surface area contributed by atoms with Crippen LogP contribution < -0.4 is 4.74 Å². The molecular formula is C12H13NO3. The second-order valence-corrected chi connectivity index (χ2v) is 3.74. The fourth-order valence-electron chi connectivity index (χ4n) is 1.97. The highest BCUT2D eigenvalue weighted by Crippen LogP contribution is 2.31. The normalized spacial score (nSPS) is 10.7. The monoisotopic (exact) mass is 219 g/mol. The van der Waals surface area contributed by atoms with Crippen LogP contribution in [0.25, 0.3) is 10.9 Å². The lowest BCUT2D eigenvalue weighted by molar-refractivity contribution is 0.0687. The summed E-state index contributed by atoms with van der Waals surface area (Å²) in [5, 5.41) is 9.87. The Morgan fingerprint density at radius 1 is 1.44 bits per heavy atom. The number of ether oxygens (including phenoxy) is 1. The van der Waals surface area contributed by atoms with Gasteiger partial charge in [-0.3, -0.25) is 0 Å². The van der Waals surface area contributed by atoms with Crippen LogP contribution in [0.5, 0.6) is 5.75 Å². The van der Waals surface area contributed by atoms with Crippen molar-refractivity contribution in [1.29, 1.82) is 0 Å². The Kier molecular flexibility index (Phi) is 2.34. The molecule has 1 heterocycles. The first kappa shape index (κ1) is 10.5. The Morgan fingerprint density at radius 3 is 2.69 bits per heavy atom. The minimum Gasteiger partial charge on any atom is -0.496 e. The molecule has 1 aromatic carbocycles. The molecule has 0 atom stereocenters. The number of aryl methyl sites for hydroxylation is 2. The fraction of sp³-hybridized carbons (Fsp3) is 0.250. The van der Waals surface area contributed by atoms with Gasteiger partial charge in [-0.05, 0) is 24.6 Å². The Balaban J connectivity index is 2.85. The minimum atomic E-state index is -0.932. The molecule has 0 unspecified atom stereocenters. The van der Waals surface area contributed by atoms with Gasteiger partial charge >= 0.3 is 5.97 Å². The van der Waals surface area contributed by atoms with E-state index in [0.29, 0.717) is 0 Å². The number of rotatable bonds is 2. The molecule has 0 amide bonds. The van der Waals surface area contributed by atoms with Crippen LogP contribution in [0, 0.1) is 6.92 Å². The molecular weight excluding hydrogens is 206 g/mol. The zero-order chi connectivity index (χ0) is 11.9. The first-order valence-corrected chi connectivity index (χ1v) is 4.92. The maximum absolute atomic E-state index is 11.0. The van der Waals surface area contributed by atoms with Crippen molar-refractivity contribution in [2.75, 3.05) is 7.11 Å². The van der Waals surface area contributed by atoms with E-state index in [0.717, 1.165) is 22.2 Å². The summed E-state index contributed by atoms with van der Waals surface area (Å²) in [5.74, 6) is -0.195. The molecule has 2 rings (SSSR count). The quantitative estimate of drug-likeness (QED) is 0.842. The molecule has 84 valence electrons. The average Bonchev–Trinajstić information content (AvgIpc) is 2.56. The third-order valence-corrected chi connectivity index (χ3v) is 2.80. The van der Waals surface area contributed by atoms with Gasteiger partial charge in [0.1, 0.15) is 11.4 Å². The van der Waals surface area contributed by atoms with E-state index >= 15 is 0 Å². The summed E-state index contributed by atoms with van der Waals surface area (Å²) in [6, 6.07) is 5.47. The number of nitrogens with zero attached hydrogens (tertiary/aromatic N) is 1. The summed E-state index contributed by atoms with van der Waals surface area (Å²) in [5.41, 5.74) is 2.12. The summed E-state index contributed by atoms with van der Waals surface area (Å²) in [4.78, 5) is 11.0. The topological polar surface area (TPSA) is 51.5 Å². The summed E-state index contributed by atoms with van der Waals surface area (Å²) in [7, 11) is 3.33. The Labute approximate surface area is 93.1 Å². The number of hydrogen-bond donors (Lipinski definition) is 1. The summed E-state index contributed by atoms with van der Waals surface area (Å²) >= 11 is 0. The van der Waals surface area contributed by atoms with Crippen LogP contribution in [0.4, 0.5) is 0 Å². The fourth-order valence-corrected chi connectivity index (χ4v) is 1.97. The number of aromatic carboxylic acids is 1. The summed E-state index contributed by atoms with van der Waals surface area (Å²) < 4.78 is 6.95. The molecule has 0 fully saturated rings. The van der Waals surface area contributed by atoms with Gasteiger partial charge in [-0.15, -0.1) is 0 Å². The minimum absolute atomic E-state index is 0.263. The number of benzene rings is 1. The zero-order valence-corrected chi connectivity index (χ0v) is 9.44. The zero-order valence-electron chi connectivity index (χ0n) is 9.44. The molecule has 16 heavy (non-hydrogen) atoms. The second-order valence-electron chi connectivity index (χ2n) is 3.74. The molecule has 0 saturated heterocycles. The smallest absolute Gasteiger partial charge is 0.352 e. The first-order valence-electron chi connectivity index (χ1n) is 4.92. The average molecular weight is 219 g/mol. The van der Waals surface area contributed by atoms with Crippen molar-refractivity contribution >= 4 is 16.9 Å². The van der Waals surface area contributed by atoms with Crippen LogP contribution in [0.15, 0.2) is 18.2 Å². The number of methoxy groups -OCH3 is 1. The first-order chi connectivity index (χ1) is 7.56. The van der Waals surface area contributed by atoms with Gasteiger partial charge in [-0.2, -0.15) is 0 Å². The molecule has 0 spiro atoms. The number of carbonyl (C=O) groups is 1. The number of fused-ring (bicyclic) bond motifs is 1. The molecule has 1 aromatic heterocycles. The molecule has 0 aliphatic carbocycles. The molecule has 0 radical (unpaired) electrons. The van der Waals surface area contributed by atoms with Crippen molar-refractivity contribution in [3.05, 3.63) is 29.5 Å². The van der Waals surface area contributed by atoms with Crippen molar-refractivity contribution in [1.82, 2.24) is 4.57 Å². The van der Waals surface area contributed by atoms with Crippen LogP contribution >= 0.6 is 0 Å². The van der Waals surface area contributed by atoms with E-state index in [-0.39, 0.29) is 5.69 Å². The van der Waals surface area contributed by atoms with Gasteiger partial charge in [0.15, 0.2) is 0 Å². The van der Waals surface area contributed by atoms with E-state index in [1.54, 1.807) is 24.8 Å². The number of aromatic nitrogens is 1. The lowest BCUT2D eigenvalue weighted by atomic mass is 10.1. The summed E-state index contributed by atoms with van der Waals surface area (Å²) in [6.07, 6.45) is 0. The van der Waals surface area contributed by atoms with Gasteiger partial charge in [0.25, 0.3) is 0 Å². The Morgan fingerprint density at radius 2 is 2.12 bits per heavy atom. The van der Waals surface area contributed by atoms with E-state index in [1.165, 1.54) is 0 Å². The maximum atomic E-state index is 11.0. The third kappa shape index (κ3) is 1.34. The molecule has 0 saturated carbocycles. The number of carboxylic acid groups (broad SMARTS) is 1. The van der Waals surface area contributed by atoms with Crippen molar-refractivity contribution in [3.63, 3.8) is 0 Å².